The van der Waals surface area contributed by atoms with E-state index >= 15 is 0 Å². The molecule has 0 N–H and O–H groups in total. The Bertz CT molecular complexity index is 964. The Labute approximate surface area is 143 Å². The summed E-state index contributed by atoms with van der Waals surface area (Å²) < 4.78 is 1.79. The number of aromatic nitrogens is 5. The smallest absolute Gasteiger partial charge is 0.212 e. The summed E-state index contributed by atoms with van der Waals surface area (Å²) in [6, 6.07) is 18.1. The molecule has 3 heterocycles. The molecule has 0 aliphatic carbocycles. The van der Waals surface area contributed by atoms with Crippen molar-refractivity contribution in [3.05, 3.63) is 72.1 Å². The molecule has 118 valence electrons. The molecule has 0 saturated heterocycles. The Hall–Kier alpha value is -2.73. The lowest BCUT2D eigenvalue weighted by molar-refractivity contribution is 0.812. The molecule has 0 spiro atoms. The molecule has 0 amide bonds. The van der Waals surface area contributed by atoms with E-state index in [9.17, 15) is 0 Å². The van der Waals surface area contributed by atoms with Gasteiger partial charge in [-0.2, -0.15) is 9.61 Å². The fourth-order valence-electron chi connectivity index (χ4n) is 2.36. The molecule has 0 radical (unpaired) electrons. The van der Waals surface area contributed by atoms with Gasteiger partial charge in [0.05, 0.1) is 11.4 Å². The van der Waals surface area contributed by atoms with Crippen molar-refractivity contribution in [2.24, 2.45) is 0 Å². The summed E-state index contributed by atoms with van der Waals surface area (Å²) >= 11 is 1.58. The Morgan fingerprint density at radius 3 is 2.62 bits per heavy atom. The molecule has 4 rings (SSSR count). The van der Waals surface area contributed by atoms with E-state index in [4.69, 9.17) is 5.10 Å². The van der Waals surface area contributed by atoms with Gasteiger partial charge in [-0.05, 0) is 31.2 Å². The van der Waals surface area contributed by atoms with Crippen molar-refractivity contribution < 1.29 is 0 Å². The number of hydrogen-bond donors (Lipinski definition) is 0. The van der Waals surface area contributed by atoms with Crippen LogP contribution in [-0.2, 0) is 5.75 Å². The second-order valence-corrected chi connectivity index (χ2v) is 6.39. The summed E-state index contributed by atoms with van der Waals surface area (Å²) in [7, 11) is 0. The van der Waals surface area contributed by atoms with Gasteiger partial charge in [-0.1, -0.05) is 47.7 Å². The molecule has 0 atom stereocenters. The molecule has 0 saturated carbocycles. The second kappa shape index (κ2) is 6.41. The highest BCUT2D eigenvalue weighted by atomic mass is 32.2. The minimum atomic E-state index is 0.734. The Morgan fingerprint density at radius 1 is 0.958 bits per heavy atom. The Morgan fingerprint density at radius 2 is 1.83 bits per heavy atom. The standard InChI is InChI=1S/C18H15N5S/c1-13-5-7-14(8-6-13)16-9-10-17-20-21-18(23(17)22-16)24-12-15-4-2-3-11-19-15/h2-11H,12H2,1H3. The number of fused-ring (bicyclic) bond motifs is 1. The van der Waals surface area contributed by atoms with E-state index in [0.717, 1.165) is 33.5 Å². The maximum Gasteiger partial charge on any atom is 0.212 e. The topological polar surface area (TPSA) is 56.0 Å². The third-order valence-electron chi connectivity index (χ3n) is 3.66. The highest BCUT2D eigenvalue weighted by molar-refractivity contribution is 7.98. The van der Waals surface area contributed by atoms with Crippen LogP contribution < -0.4 is 0 Å². The van der Waals surface area contributed by atoms with E-state index in [1.54, 1.807) is 22.5 Å². The first-order valence-electron chi connectivity index (χ1n) is 7.62. The molecular weight excluding hydrogens is 318 g/mol. The quantitative estimate of drug-likeness (QED) is 0.532. The molecule has 0 bridgehead atoms. The lowest BCUT2D eigenvalue weighted by Crippen LogP contribution is -1.97. The lowest BCUT2D eigenvalue weighted by atomic mass is 10.1. The van der Waals surface area contributed by atoms with Gasteiger partial charge in [0.1, 0.15) is 0 Å². The van der Waals surface area contributed by atoms with Crippen molar-refractivity contribution in [1.29, 1.82) is 0 Å². The summed E-state index contributed by atoms with van der Waals surface area (Å²) in [5.74, 6) is 0.734. The van der Waals surface area contributed by atoms with Crippen LogP contribution in [0.15, 0.2) is 66.0 Å². The Balaban J connectivity index is 1.64. The van der Waals surface area contributed by atoms with E-state index in [1.807, 2.05) is 30.3 Å². The van der Waals surface area contributed by atoms with Crippen molar-refractivity contribution in [3.63, 3.8) is 0 Å². The van der Waals surface area contributed by atoms with Crippen LogP contribution in [0.25, 0.3) is 16.9 Å². The largest absolute Gasteiger partial charge is 0.260 e. The lowest BCUT2D eigenvalue weighted by Gasteiger charge is -2.03. The van der Waals surface area contributed by atoms with Crippen LogP contribution in [-0.4, -0.2) is 24.8 Å². The maximum absolute atomic E-state index is 4.70. The second-order valence-electron chi connectivity index (χ2n) is 5.45. The number of nitrogens with zero attached hydrogens (tertiary/aromatic N) is 5. The van der Waals surface area contributed by atoms with Crippen LogP contribution in [0.1, 0.15) is 11.3 Å². The molecule has 6 heteroatoms. The van der Waals surface area contributed by atoms with Gasteiger partial charge in [0, 0.05) is 17.5 Å². The van der Waals surface area contributed by atoms with E-state index in [0.29, 0.717) is 0 Å². The molecule has 0 aliphatic rings. The van der Waals surface area contributed by atoms with Crippen molar-refractivity contribution in [2.45, 2.75) is 17.8 Å². The first-order chi connectivity index (χ1) is 11.8. The monoisotopic (exact) mass is 333 g/mol. The normalized spacial score (nSPS) is 11.0. The van der Waals surface area contributed by atoms with Crippen molar-refractivity contribution >= 4 is 17.4 Å². The number of thioether (sulfide) groups is 1. The fourth-order valence-corrected chi connectivity index (χ4v) is 3.16. The molecule has 0 fully saturated rings. The highest BCUT2D eigenvalue weighted by Crippen LogP contribution is 2.22. The van der Waals surface area contributed by atoms with E-state index in [1.165, 1.54) is 5.56 Å². The van der Waals surface area contributed by atoms with Crippen molar-refractivity contribution in [2.75, 3.05) is 0 Å². The summed E-state index contributed by atoms with van der Waals surface area (Å²) in [5, 5.41) is 13.9. The molecule has 24 heavy (non-hydrogen) atoms. The first kappa shape index (κ1) is 14.8. The van der Waals surface area contributed by atoms with Gasteiger partial charge in [-0.15, -0.1) is 10.2 Å². The van der Waals surface area contributed by atoms with E-state index < -0.39 is 0 Å². The van der Waals surface area contributed by atoms with Gasteiger partial charge in [0.2, 0.25) is 5.16 Å². The average Bonchev–Trinajstić information content (AvgIpc) is 3.04. The van der Waals surface area contributed by atoms with Crippen LogP contribution in [0.2, 0.25) is 0 Å². The van der Waals surface area contributed by atoms with Gasteiger partial charge < -0.3 is 0 Å². The van der Waals surface area contributed by atoms with Gasteiger partial charge in [-0.25, -0.2) is 0 Å². The number of rotatable bonds is 4. The van der Waals surface area contributed by atoms with Crippen LogP contribution in [0, 0.1) is 6.92 Å². The van der Waals surface area contributed by atoms with E-state index in [-0.39, 0.29) is 0 Å². The zero-order valence-electron chi connectivity index (χ0n) is 13.1. The van der Waals surface area contributed by atoms with Gasteiger partial charge >= 0.3 is 0 Å². The van der Waals surface area contributed by atoms with Gasteiger partial charge in [0.25, 0.3) is 0 Å². The number of hydrogen-bond acceptors (Lipinski definition) is 5. The minimum absolute atomic E-state index is 0.734. The zero-order valence-corrected chi connectivity index (χ0v) is 13.9. The summed E-state index contributed by atoms with van der Waals surface area (Å²) in [6.07, 6.45) is 1.80. The van der Waals surface area contributed by atoms with Crippen LogP contribution in [0.5, 0.6) is 0 Å². The molecule has 0 aliphatic heterocycles. The fraction of sp³-hybridized carbons (Fsp3) is 0.111. The summed E-state index contributed by atoms with van der Waals surface area (Å²) in [4.78, 5) is 4.33. The predicted octanol–water partition coefficient (Wildman–Crippen LogP) is 3.79. The summed E-state index contributed by atoms with van der Waals surface area (Å²) in [5.41, 5.74) is 4.97. The third kappa shape index (κ3) is 3.00. The van der Waals surface area contributed by atoms with E-state index in [2.05, 4.69) is 46.4 Å². The summed E-state index contributed by atoms with van der Waals surface area (Å²) in [6.45, 7) is 2.08. The van der Waals surface area contributed by atoms with Gasteiger partial charge in [0.15, 0.2) is 5.65 Å². The molecule has 0 unspecified atom stereocenters. The third-order valence-corrected chi connectivity index (χ3v) is 4.61. The SMILES string of the molecule is Cc1ccc(-c2ccc3nnc(SCc4ccccn4)n3n2)cc1. The number of pyridine rings is 1. The zero-order chi connectivity index (χ0) is 16.4. The van der Waals surface area contributed by atoms with Crippen LogP contribution in [0.3, 0.4) is 0 Å². The Kier molecular flexibility index (Phi) is 3.96. The first-order valence-corrected chi connectivity index (χ1v) is 8.60. The minimum Gasteiger partial charge on any atom is -0.260 e. The van der Waals surface area contributed by atoms with Crippen molar-refractivity contribution in [3.8, 4) is 11.3 Å². The van der Waals surface area contributed by atoms with Gasteiger partial charge in [-0.3, -0.25) is 4.98 Å². The number of benzene rings is 1. The predicted molar refractivity (Wildman–Crippen MR) is 94.8 cm³/mol. The molecule has 1 aromatic carbocycles. The number of aryl methyl sites for hydroxylation is 1. The molecule has 4 aromatic rings. The maximum atomic E-state index is 4.70. The van der Waals surface area contributed by atoms with Crippen LogP contribution >= 0.6 is 11.8 Å². The highest BCUT2D eigenvalue weighted by Gasteiger charge is 2.10. The molecular formula is C18H15N5S. The van der Waals surface area contributed by atoms with Crippen molar-refractivity contribution in [1.82, 2.24) is 24.8 Å². The molecule has 3 aromatic heterocycles. The average molecular weight is 333 g/mol. The van der Waals surface area contributed by atoms with Crippen LogP contribution in [0.4, 0.5) is 0 Å². The molecule has 5 nitrogen and oxygen atoms in total.